The SMILES string of the molecule is CS(=O)c1nccc(-c2sc(C3CC3)nc2-c2cc(Cl)cc(NS(C)(=O)=O)c2F)n1. The molecule has 1 N–H and O–H groups in total. The zero-order valence-electron chi connectivity index (χ0n) is 15.8. The maximum atomic E-state index is 15.3. The van der Waals surface area contributed by atoms with Crippen LogP contribution in [0.4, 0.5) is 10.1 Å². The molecular weight excluding hydrogens is 471 g/mol. The molecule has 0 amide bonds. The second-order valence-electron chi connectivity index (χ2n) is 6.87. The van der Waals surface area contributed by atoms with Gasteiger partial charge in [0.15, 0.2) is 5.82 Å². The van der Waals surface area contributed by atoms with Crippen molar-refractivity contribution < 1.29 is 17.0 Å². The summed E-state index contributed by atoms with van der Waals surface area (Å²) in [4.78, 5) is 13.6. The first-order valence-corrected chi connectivity index (χ1v) is 13.4. The molecule has 1 fully saturated rings. The molecule has 0 aliphatic heterocycles. The van der Waals surface area contributed by atoms with Gasteiger partial charge in [-0.25, -0.2) is 27.8 Å². The summed E-state index contributed by atoms with van der Waals surface area (Å²) in [7, 11) is -5.10. The summed E-state index contributed by atoms with van der Waals surface area (Å²) in [6.07, 6.45) is 5.89. The van der Waals surface area contributed by atoms with E-state index in [9.17, 15) is 12.6 Å². The molecule has 1 atom stereocenters. The lowest BCUT2D eigenvalue weighted by molar-refractivity contribution is 0.604. The molecule has 1 unspecified atom stereocenters. The Morgan fingerprint density at radius 2 is 2.03 bits per heavy atom. The molecule has 0 spiro atoms. The van der Waals surface area contributed by atoms with Crippen LogP contribution in [0.2, 0.25) is 5.02 Å². The fraction of sp³-hybridized carbons (Fsp3) is 0.278. The lowest BCUT2D eigenvalue weighted by Crippen LogP contribution is -2.11. The van der Waals surface area contributed by atoms with Crippen LogP contribution in [0.5, 0.6) is 0 Å². The Morgan fingerprint density at radius 1 is 1.30 bits per heavy atom. The van der Waals surface area contributed by atoms with Gasteiger partial charge in [-0.3, -0.25) is 8.93 Å². The molecule has 7 nitrogen and oxygen atoms in total. The third-order valence-corrected chi connectivity index (χ3v) is 7.04. The van der Waals surface area contributed by atoms with Crippen LogP contribution in [0.1, 0.15) is 23.8 Å². The van der Waals surface area contributed by atoms with Gasteiger partial charge in [0.2, 0.25) is 15.2 Å². The highest BCUT2D eigenvalue weighted by Crippen LogP contribution is 2.47. The Hall–Kier alpha value is -1.95. The van der Waals surface area contributed by atoms with Crippen molar-refractivity contribution in [1.29, 1.82) is 0 Å². The number of hydrogen-bond donors (Lipinski definition) is 1. The summed E-state index contributed by atoms with van der Waals surface area (Å²) in [6.45, 7) is 0. The predicted octanol–water partition coefficient (Wildman–Crippen LogP) is 4.05. The van der Waals surface area contributed by atoms with Crippen LogP contribution in [-0.2, 0) is 20.8 Å². The smallest absolute Gasteiger partial charge is 0.229 e. The number of halogens is 2. The Labute approximate surface area is 184 Å². The third-order valence-electron chi connectivity index (χ3n) is 4.28. The maximum absolute atomic E-state index is 15.3. The second kappa shape index (κ2) is 7.95. The van der Waals surface area contributed by atoms with E-state index in [1.54, 1.807) is 6.07 Å². The van der Waals surface area contributed by atoms with Gasteiger partial charge in [0.25, 0.3) is 0 Å². The number of benzene rings is 1. The first-order chi connectivity index (χ1) is 14.1. The van der Waals surface area contributed by atoms with E-state index in [-0.39, 0.29) is 21.4 Å². The van der Waals surface area contributed by atoms with Gasteiger partial charge in [-0.2, -0.15) is 0 Å². The number of anilines is 1. The largest absolute Gasteiger partial charge is 0.281 e. The minimum Gasteiger partial charge on any atom is -0.281 e. The number of thiazole rings is 1. The molecule has 3 aromatic rings. The monoisotopic (exact) mass is 486 g/mol. The van der Waals surface area contributed by atoms with Gasteiger partial charge in [-0.1, -0.05) is 11.6 Å². The van der Waals surface area contributed by atoms with Crippen molar-refractivity contribution >= 4 is 49.4 Å². The summed E-state index contributed by atoms with van der Waals surface area (Å²) in [5, 5.41) is 1.16. The third kappa shape index (κ3) is 4.53. The Bertz CT molecular complexity index is 1280. The van der Waals surface area contributed by atoms with Crippen molar-refractivity contribution in [2.75, 3.05) is 17.2 Å². The van der Waals surface area contributed by atoms with Crippen molar-refractivity contribution in [2.45, 2.75) is 23.9 Å². The maximum Gasteiger partial charge on any atom is 0.229 e. The Morgan fingerprint density at radius 3 is 2.67 bits per heavy atom. The molecule has 12 heteroatoms. The van der Waals surface area contributed by atoms with E-state index in [1.165, 1.54) is 35.9 Å². The molecule has 0 saturated heterocycles. The molecule has 0 radical (unpaired) electrons. The van der Waals surface area contributed by atoms with Gasteiger partial charge in [-0.15, -0.1) is 11.3 Å². The number of nitrogens with zero attached hydrogens (tertiary/aromatic N) is 3. The van der Waals surface area contributed by atoms with Gasteiger partial charge in [0, 0.05) is 29.0 Å². The normalized spacial score (nSPS) is 15.2. The first kappa shape index (κ1) is 21.3. The molecule has 30 heavy (non-hydrogen) atoms. The second-order valence-corrected chi connectivity index (χ2v) is 11.4. The van der Waals surface area contributed by atoms with Crippen LogP contribution in [0, 0.1) is 5.82 Å². The van der Waals surface area contributed by atoms with E-state index in [2.05, 4.69) is 19.7 Å². The molecule has 1 aliphatic carbocycles. The molecule has 1 aromatic carbocycles. The minimum atomic E-state index is -3.71. The van der Waals surface area contributed by atoms with E-state index < -0.39 is 26.6 Å². The lowest BCUT2D eigenvalue weighted by Gasteiger charge is -2.11. The van der Waals surface area contributed by atoms with E-state index in [0.29, 0.717) is 22.2 Å². The average Bonchev–Trinajstić information content (AvgIpc) is 3.42. The van der Waals surface area contributed by atoms with Crippen molar-refractivity contribution in [3.05, 3.63) is 40.2 Å². The van der Waals surface area contributed by atoms with Crippen LogP contribution < -0.4 is 4.72 Å². The van der Waals surface area contributed by atoms with Crippen LogP contribution in [0.3, 0.4) is 0 Å². The van der Waals surface area contributed by atoms with Crippen molar-refractivity contribution in [3.8, 4) is 21.8 Å². The van der Waals surface area contributed by atoms with Crippen molar-refractivity contribution in [1.82, 2.24) is 15.0 Å². The summed E-state index contributed by atoms with van der Waals surface area (Å²) < 4.78 is 52.5. The number of hydrogen-bond acceptors (Lipinski definition) is 7. The van der Waals surface area contributed by atoms with Crippen LogP contribution in [0.25, 0.3) is 21.8 Å². The first-order valence-electron chi connectivity index (χ1n) is 8.77. The summed E-state index contributed by atoms with van der Waals surface area (Å²) in [5.41, 5.74) is 0.575. The molecule has 0 bridgehead atoms. The summed E-state index contributed by atoms with van der Waals surface area (Å²) >= 11 is 7.54. The average molecular weight is 487 g/mol. The lowest BCUT2D eigenvalue weighted by atomic mass is 10.1. The zero-order valence-corrected chi connectivity index (χ0v) is 19.1. The molecule has 1 aliphatic rings. The quantitative estimate of drug-likeness (QED) is 0.527. The topological polar surface area (TPSA) is 102 Å². The standard InChI is InChI=1S/C18H16ClFN4O3S3/c1-29(25)18-21-6-5-12(22-18)16-15(23-17(28-16)9-3-4-9)11-7-10(19)8-13(14(11)20)24-30(2,26)27/h5-9,24H,3-4H2,1-2H3. The highest BCUT2D eigenvalue weighted by atomic mass is 35.5. The summed E-state index contributed by atoms with van der Waals surface area (Å²) in [5.74, 6) is -0.480. The Kier molecular flexibility index (Phi) is 5.64. The molecule has 2 aromatic heterocycles. The van der Waals surface area contributed by atoms with E-state index in [0.717, 1.165) is 24.1 Å². The van der Waals surface area contributed by atoms with E-state index >= 15 is 4.39 Å². The van der Waals surface area contributed by atoms with Crippen molar-refractivity contribution in [3.63, 3.8) is 0 Å². The van der Waals surface area contributed by atoms with E-state index in [4.69, 9.17) is 11.6 Å². The molecule has 4 rings (SSSR count). The van der Waals surface area contributed by atoms with Crippen molar-refractivity contribution in [2.24, 2.45) is 0 Å². The number of rotatable bonds is 6. The molecule has 1 saturated carbocycles. The van der Waals surface area contributed by atoms with Crippen LogP contribution in [0.15, 0.2) is 29.6 Å². The predicted molar refractivity (Wildman–Crippen MR) is 116 cm³/mol. The van der Waals surface area contributed by atoms with Crippen LogP contribution in [-0.4, -0.2) is 40.1 Å². The van der Waals surface area contributed by atoms with Crippen LogP contribution >= 0.6 is 22.9 Å². The fourth-order valence-electron chi connectivity index (χ4n) is 2.84. The summed E-state index contributed by atoms with van der Waals surface area (Å²) in [6, 6.07) is 4.25. The zero-order chi connectivity index (χ0) is 21.6. The number of sulfonamides is 1. The molecular formula is C18H16ClFN4O3S3. The van der Waals surface area contributed by atoms with Gasteiger partial charge in [-0.05, 0) is 31.0 Å². The highest BCUT2D eigenvalue weighted by Gasteiger charge is 2.30. The van der Waals surface area contributed by atoms with Gasteiger partial charge in [0.05, 0.1) is 44.0 Å². The molecule has 2 heterocycles. The van der Waals surface area contributed by atoms with Gasteiger partial charge in [0.1, 0.15) is 0 Å². The molecule has 158 valence electrons. The Balaban J connectivity index is 1.92. The minimum absolute atomic E-state index is 0.0598. The number of nitrogens with one attached hydrogen (secondary N) is 1. The highest BCUT2D eigenvalue weighted by molar-refractivity contribution is 7.92. The fourth-order valence-corrected chi connectivity index (χ4v) is 5.26. The van der Waals surface area contributed by atoms with Gasteiger partial charge < -0.3 is 0 Å². The van der Waals surface area contributed by atoms with E-state index in [1.807, 2.05) is 0 Å². The number of aromatic nitrogens is 3. The van der Waals surface area contributed by atoms with Gasteiger partial charge >= 0.3 is 0 Å².